The zero-order valence-electron chi connectivity index (χ0n) is 8.45. The first-order valence-corrected chi connectivity index (χ1v) is 5.62. The van der Waals surface area contributed by atoms with Crippen LogP contribution in [0.15, 0.2) is 18.2 Å². The molecular formula is C11H14N2S. The molecule has 2 nitrogen and oxygen atoms in total. The van der Waals surface area contributed by atoms with Gasteiger partial charge in [-0.1, -0.05) is 19.9 Å². The molecule has 0 saturated heterocycles. The van der Waals surface area contributed by atoms with Gasteiger partial charge < -0.3 is 5.73 Å². The van der Waals surface area contributed by atoms with Gasteiger partial charge in [0.05, 0.1) is 15.2 Å². The number of nitrogens with two attached hydrogens (primary N) is 1. The van der Waals surface area contributed by atoms with Gasteiger partial charge >= 0.3 is 0 Å². The SMILES string of the molecule is CC(C)c1nc2ccc(CN)cc2s1. The van der Waals surface area contributed by atoms with Crippen molar-refractivity contribution in [3.8, 4) is 0 Å². The Morgan fingerprint density at radius 3 is 2.86 bits per heavy atom. The molecule has 2 N–H and O–H groups in total. The second-order valence-corrected chi connectivity index (χ2v) is 4.78. The summed E-state index contributed by atoms with van der Waals surface area (Å²) in [5.41, 5.74) is 7.86. The fourth-order valence-electron chi connectivity index (χ4n) is 1.36. The monoisotopic (exact) mass is 206 g/mol. The van der Waals surface area contributed by atoms with Crippen molar-refractivity contribution in [1.82, 2.24) is 4.98 Å². The van der Waals surface area contributed by atoms with E-state index in [-0.39, 0.29) is 0 Å². The number of benzene rings is 1. The van der Waals surface area contributed by atoms with E-state index in [4.69, 9.17) is 5.73 Å². The Labute approximate surface area is 87.8 Å². The molecule has 1 heterocycles. The highest BCUT2D eigenvalue weighted by Gasteiger charge is 2.06. The maximum atomic E-state index is 5.59. The molecular weight excluding hydrogens is 192 g/mol. The van der Waals surface area contributed by atoms with E-state index in [1.54, 1.807) is 11.3 Å². The van der Waals surface area contributed by atoms with Crippen molar-refractivity contribution in [2.24, 2.45) is 5.73 Å². The smallest absolute Gasteiger partial charge is 0.0963 e. The van der Waals surface area contributed by atoms with Crippen LogP contribution in [-0.2, 0) is 6.54 Å². The third-order valence-corrected chi connectivity index (χ3v) is 3.52. The molecule has 0 atom stereocenters. The molecule has 0 aliphatic heterocycles. The molecule has 1 aromatic heterocycles. The van der Waals surface area contributed by atoms with Crippen LogP contribution in [0.3, 0.4) is 0 Å². The van der Waals surface area contributed by atoms with Gasteiger partial charge in [0.15, 0.2) is 0 Å². The van der Waals surface area contributed by atoms with Crippen LogP contribution in [-0.4, -0.2) is 4.98 Å². The van der Waals surface area contributed by atoms with Crippen LogP contribution >= 0.6 is 11.3 Å². The van der Waals surface area contributed by atoms with Crippen LogP contribution in [0.5, 0.6) is 0 Å². The highest BCUT2D eigenvalue weighted by atomic mass is 32.1. The third kappa shape index (κ3) is 1.65. The zero-order chi connectivity index (χ0) is 10.1. The van der Waals surface area contributed by atoms with Gasteiger partial charge in [0.1, 0.15) is 0 Å². The Hall–Kier alpha value is -0.930. The zero-order valence-corrected chi connectivity index (χ0v) is 9.27. The van der Waals surface area contributed by atoms with E-state index in [1.807, 2.05) is 6.07 Å². The summed E-state index contributed by atoms with van der Waals surface area (Å²) in [5.74, 6) is 0.508. The summed E-state index contributed by atoms with van der Waals surface area (Å²) in [7, 11) is 0. The molecule has 2 aromatic rings. The van der Waals surface area contributed by atoms with Gasteiger partial charge in [0, 0.05) is 12.5 Å². The second-order valence-electron chi connectivity index (χ2n) is 3.71. The Bertz CT molecular complexity index is 445. The van der Waals surface area contributed by atoms with Crippen LogP contribution in [0.25, 0.3) is 10.2 Å². The minimum absolute atomic E-state index is 0.508. The molecule has 2 rings (SSSR count). The molecule has 3 heteroatoms. The summed E-state index contributed by atoms with van der Waals surface area (Å²) in [6.45, 7) is 4.94. The fourth-order valence-corrected chi connectivity index (χ4v) is 2.39. The Balaban J connectivity index is 2.54. The molecule has 0 unspecified atom stereocenters. The first kappa shape index (κ1) is 9.62. The van der Waals surface area contributed by atoms with E-state index in [0.29, 0.717) is 12.5 Å². The van der Waals surface area contributed by atoms with Crippen LogP contribution in [0.1, 0.15) is 30.3 Å². The number of thiazole rings is 1. The van der Waals surface area contributed by atoms with E-state index < -0.39 is 0 Å². The quantitative estimate of drug-likeness (QED) is 0.820. The Morgan fingerprint density at radius 2 is 2.21 bits per heavy atom. The molecule has 0 spiro atoms. The fraction of sp³-hybridized carbons (Fsp3) is 0.364. The largest absolute Gasteiger partial charge is 0.326 e. The van der Waals surface area contributed by atoms with Gasteiger partial charge in [-0.25, -0.2) is 4.98 Å². The summed E-state index contributed by atoms with van der Waals surface area (Å²) in [6, 6.07) is 6.24. The van der Waals surface area contributed by atoms with E-state index in [9.17, 15) is 0 Å². The standard InChI is InChI=1S/C11H14N2S/c1-7(2)11-13-9-4-3-8(6-12)5-10(9)14-11/h3-5,7H,6,12H2,1-2H3. The van der Waals surface area contributed by atoms with Crippen LogP contribution in [0, 0.1) is 0 Å². The number of hydrogen-bond donors (Lipinski definition) is 1. The lowest BCUT2D eigenvalue weighted by Gasteiger charge is -1.94. The highest BCUT2D eigenvalue weighted by molar-refractivity contribution is 7.18. The first-order chi connectivity index (χ1) is 6.70. The third-order valence-electron chi connectivity index (χ3n) is 2.20. The Kier molecular flexibility index (Phi) is 2.52. The number of nitrogens with zero attached hydrogens (tertiary/aromatic N) is 1. The normalized spacial score (nSPS) is 11.4. The number of rotatable bonds is 2. The average Bonchev–Trinajstić information content (AvgIpc) is 2.59. The lowest BCUT2D eigenvalue weighted by atomic mass is 10.2. The second kappa shape index (κ2) is 3.67. The predicted octanol–water partition coefficient (Wildman–Crippen LogP) is 2.88. The van der Waals surface area contributed by atoms with Crippen molar-refractivity contribution in [2.45, 2.75) is 26.3 Å². The van der Waals surface area contributed by atoms with Gasteiger partial charge in [-0.05, 0) is 17.7 Å². The van der Waals surface area contributed by atoms with Crippen molar-refractivity contribution >= 4 is 21.6 Å². The van der Waals surface area contributed by atoms with Crippen molar-refractivity contribution in [2.75, 3.05) is 0 Å². The summed E-state index contributed by atoms with van der Waals surface area (Å²) >= 11 is 1.77. The molecule has 0 radical (unpaired) electrons. The van der Waals surface area contributed by atoms with Crippen LogP contribution < -0.4 is 5.73 Å². The van der Waals surface area contributed by atoms with Crippen molar-refractivity contribution < 1.29 is 0 Å². The molecule has 0 saturated carbocycles. The van der Waals surface area contributed by atoms with Crippen LogP contribution in [0.4, 0.5) is 0 Å². The number of hydrogen-bond acceptors (Lipinski definition) is 3. The summed E-state index contributed by atoms with van der Waals surface area (Å²) < 4.78 is 1.25. The molecule has 14 heavy (non-hydrogen) atoms. The lowest BCUT2D eigenvalue weighted by Crippen LogP contribution is -1.94. The van der Waals surface area contributed by atoms with Crippen molar-refractivity contribution in [3.05, 3.63) is 28.8 Å². The molecule has 74 valence electrons. The summed E-state index contributed by atoms with van der Waals surface area (Å²) in [5, 5.41) is 1.20. The van der Waals surface area contributed by atoms with Gasteiger partial charge in [-0.15, -0.1) is 11.3 Å². The first-order valence-electron chi connectivity index (χ1n) is 4.80. The van der Waals surface area contributed by atoms with E-state index in [1.165, 1.54) is 15.3 Å². The van der Waals surface area contributed by atoms with Gasteiger partial charge in [0.2, 0.25) is 0 Å². The van der Waals surface area contributed by atoms with Crippen molar-refractivity contribution in [1.29, 1.82) is 0 Å². The predicted molar refractivity (Wildman–Crippen MR) is 61.6 cm³/mol. The lowest BCUT2D eigenvalue weighted by molar-refractivity contribution is 0.857. The molecule has 0 amide bonds. The molecule has 0 bridgehead atoms. The minimum Gasteiger partial charge on any atom is -0.326 e. The highest BCUT2D eigenvalue weighted by Crippen LogP contribution is 2.27. The number of aromatic nitrogens is 1. The number of fused-ring (bicyclic) bond motifs is 1. The van der Waals surface area contributed by atoms with E-state index in [0.717, 1.165) is 5.52 Å². The minimum atomic E-state index is 0.508. The van der Waals surface area contributed by atoms with Crippen molar-refractivity contribution in [3.63, 3.8) is 0 Å². The molecule has 0 aliphatic carbocycles. The van der Waals surface area contributed by atoms with Gasteiger partial charge in [0.25, 0.3) is 0 Å². The molecule has 1 aromatic carbocycles. The summed E-state index contributed by atoms with van der Waals surface area (Å²) in [6.07, 6.45) is 0. The van der Waals surface area contributed by atoms with Crippen LogP contribution in [0.2, 0.25) is 0 Å². The van der Waals surface area contributed by atoms with Gasteiger partial charge in [-0.2, -0.15) is 0 Å². The van der Waals surface area contributed by atoms with E-state index in [2.05, 4.69) is 31.0 Å². The molecule has 0 fully saturated rings. The molecule has 0 aliphatic rings. The Morgan fingerprint density at radius 1 is 1.43 bits per heavy atom. The van der Waals surface area contributed by atoms with Gasteiger partial charge in [-0.3, -0.25) is 0 Å². The summed E-state index contributed by atoms with van der Waals surface area (Å²) in [4.78, 5) is 4.57. The van der Waals surface area contributed by atoms with E-state index >= 15 is 0 Å². The maximum absolute atomic E-state index is 5.59. The maximum Gasteiger partial charge on any atom is 0.0963 e. The topological polar surface area (TPSA) is 38.9 Å². The average molecular weight is 206 g/mol.